The van der Waals surface area contributed by atoms with E-state index in [4.69, 9.17) is 5.90 Å². The number of benzene rings is 1. The molecule has 0 spiro atoms. The van der Waals surface area contributed by atoms with Crippen molar-refractivity contribution in [1.29, 1.82) is 0 Å². The Morgan fingerprint density at radius 3 is 3.08 bits per heavy atom. The minimum Gasteiger partial charge on any atom is -0.300 e. The second-order valence-electron chi connectivity index (χ2n) is 2.84. The van der Waals surface area contributed by atoms with Gasteiger partial charge in [-0.15, -0.1) is 0 Å². The van der Waals surface area contributed by atoms with Crippen molar-refractivity contribution in [2.75, 3.05) is 0 Å². The van der Waals surface area contributed by atoms with Crippen molar-refractivity contribution in [1.82, 2.24) is 4.98 Å². The molecule has 2 rings (SSSR count). The molecule has 0 aliphatic carbocycles. The van der Waals surface area contributed by atoms with Crippen molar-refractivity contribution in [2.45, 2.75) is 6.61 Å². The lowest BCUT2D eigenvalue weighted by Gasteiger charge is -2.00. The van der Waals surface area contributed by atoms with E-state index in [0.29, 0.717) is 6.61 Å². The van der Waals surface area contributed by atoms with Crippen LogP contribution in [-0.4, -0.2) is 4.98 Å². The molecule has 0 fully saturated rings. The van der Waals surface area contributed by atoms with Gasteiger partial charge in [0.1, 0.15) is 0 Å². The van der Waals surface area contributed by atoms with Gasteiger partial charge in [0.2, 0.25) is 0 Å². The molecule has 0 radical (unpaired) electrons. The van der Waals surface area contributed by atoms with Crippen molar-refractivity contribution >= 4 is 10.9 Å². The zero-order valence-corrected chi connectivity index (χ0v) is 7.10. The normalized spacial score (nSPS) is 10.5. The van der Waals surface area contributed by atoms with Gasteiger partial charge in [-0.05, 0) is 17.7 Å². The van der Waals surface area contributed by atoms with E-state index in [1.807, 2.05) is 30.3 Å². The summed E-state index contributed by atoms with van der Waals surface area (Å²) in [5, 5.41) is 1.13. The maximum absolute atomic E-state index is 4.98. The largest absolute Gasteiger partial charge is 0.300 e. The van der Waals surface area contributed by atoms with E-state index in [1.165, 1.54) is 0 Å². The number of hydrogen-bond donors (Lipinski definition) is 1. The number of rotatable bonds is 2. The van der Waals surface area contributed by atoms with Gasteiger partial charge >= 0.3 is 0 Å². The first kappa shape index (κ1) is 8.16. The summed E-state index contributed by atoms with van der Waals surface area (Å²) in [7, 11) is 0. The molecule has 0 unspecified atom stereocenters. The predicted octanol–water partition coefficient (Wildman–Crippen LogP) is 1.63. The van der Waals surface area contributed by atoms with Gasteiger partial charge in [-0.3, -0.25) is 9.82 Å². The van der Waals surface area contributed by atoms with Crippen LogP contribution in [0, 0.1) is 0 Å². The number of fused-ring (bicyclic) bond motifs is 1. The third-order valence-corrected chi connectivity index (χ3v) is 1.92. The third-order valence-electron chi connectivity index (χ3n) is 1.92. The van der Waals surface area contributed by atoms with E-state index in [1.54, 1.807) is 6.20 Å². The number of nitrogens with two attached hydrogens (primary N) is 1. The molecule has 0 saturated carbocycles. The minimum absolute atomic E-state index is 0.423. The zero-order valence-electron chi connectivity index (χ0n) is 7.10. The Morgan fingerprint density at radius 2 is 2.23 bits per heavy atom. The highest BCUT2D eigenvalue weighted by Crippen LogP contribution is 2.13. The summed E-state index contributed by atoms with van der Waals surface area (Å²) >= 11 is 0. The molecule has 1 heterocycles. The summed E-state index contributed by atoms with van der Waals surface area (Å²) in [5.74, 6) is 4.98. The van der Waals surface area contributed by atoms with Gasteiger partial charge < -0.3 is 0 Å². The van der Waals surface area contributed by atoms with Gasteiger partial charge in [-0.2, -0.15) is 0 Å². The fourth-order valence-electron chi connectivity index (χ4n) is 1.30. The Bertz CT molecular complexity index is 414. The van der Waals surface area contributed by atoms with Crippen LogP contribution in [0.3, 0.4) is 0 Å². The van der Waals surface area contributed by atoms with Gasteiger partial charge in [0, 0.05) is 11.6 Å². The molecule has 0 amide bonds. The number of pyridine rings is 1. The lowest BCUT2D eigenvalue weighted by molar-refractivity contribution is 0.124. The lowest BCUT2D eigenvalue weighted by Crippen LogP contribution is -1.98. The molecular formula is C10H10N2O. The molecule has 0 saturated heterocycles. The molecule has 0 atom stereocenters. The SMILES string of the molecule is NOCc1ccc2cccnc2c1. The molecule has 1 aromatic heterocycles. The van der Waals surface area contributed by atoms with Gasteiger partial charge in [0.15, 0.2) is 0 Å². The second-order valence-corrected chi connectivity index (χ2v) is 2.84. The molecule has 0 bridgehead atoms. The predicted molar refractivity (Wildman–Crippen MR) is 50.7 cm³/mol. The van der Waals surface area contributed by atoms with Crippen LogP contribution in [0.2, 0.25) is 0 Å². The topological polar surface area (TPSA) is 48.1 Å². The summed E-state index contributed by atoms with van der Waals surface area (Å²) in [6, 6.07) is 9.91. The summed E-state index contributed by atoms with van der Waals surface area (Å²) < 4.78 is 0. The van der Waals surface area contributed by atoms with Crippen LogP contribution in [0.15, 0.2) is 36.5 Å². The molecule has 13 heavy (non-hydrogen) atoms. The Labute approximate surface area is 76.1 Å². The van der Waals surface area contributed by atoms with Crippen LogP contribution in [-0.2, 0) is 11.4 Å². The number of nitrogens with zero attached hydrogens (tertiary/aromatic N) is 1. The Morgan fingerprint density at radius 1 is 1.31 bits per heavy atom. The van der Waals surface area contributed by atoms with E-state index in [2.05, 4.69) is 9.82 Å². The lowest BCUT2D eigenvalue weighted by atomic mass is 10.1. The molecule has 66 valence electrons. The molecule has 2 aromatic rings. The molecular weight excluding hydrogens is 164 g/mol. The first-order chi connectivity index (χ1) is 6.40. The van der Waals surface area contributed by atoms with Crippen molar-refractivity contribution in [3.8, 4) is 0 Å². The maximum Gasteiger partial charge on any atom is 0.0930 e. The summed E-state index contributed by atoms with van der Waals surface area (Å²) in [4.78, 5) is 8.78. The smallest absolute Gasteiger partial charge is 0.0930 e. The first-order valence-corrected chi connectivity index (χ1v) is 4.05. The first-order valence-electron chi connectivity index (χ1n) is 4.05. The average Bonchev–Trinajstić information content (AvgIpc) is 2.18. The molecule has 0 aliphatic heterocycles. The van der Waals surface area contributed by atoms with Crippen LogP contribution >= 0.6 is 0 Å². The molecule has 1 aromatic carbocycles. The summed E-state index contributed by atoms with van der Waals surface area (Å²) in [5.41, 5.74) is 2.01. The van der Waals surface area contributed by atoms with E-state index < -0.39 is 0 Å². The van der Waals surface area contributed by atoms with Gasteiger partial charge in [0.05, 0.1) is 12.1 Å². The van der Waals surface area contributed by atoms with Crippen LogP contribution in [0.1, 0.15) is 5.56 Å². The van der Waals surface area contributed by atoms with Crippen molar-refractivity contribution in [2.24, 2.45) is 5.90 Å². The molecule has 2 N–H and O–H groups in total. The number of hydrogen-bond acceptors (Lipinski definition) is 3. The Balaban J connectivity index is 2.49. The van der Waals surface area contributed by atoms with Crippen LogP contribution < -0.4 is 5.90 Å². The van der Waals surface area contributed by atoms with Gasteiger partial charge in [-0.25, -0.2) is 5.90 Å². The standard InChI is InChI=1S/C10H10N2O/c11-13-7-8-3-4-9-2-1-5-12-10(9)6-8/h1-6H,7,11H2. The minimum atomic E-state index is 0.423. The number of aromatic nitrogens is 1. The van der Waals surface area contributed by atoms with Gasteiger partial charge in [0.25, 0.3) is 0 Å². The third kappa shape index (κ3) is 1.66. The van der Waals surface area contributed by atoms with E-state index in [-0.39, 0.29) is 0 Å². The highest BCUT2D eigenvalue weighted by Gasteiger charge is 1.95. The monoisotopic (exact) mass is 174 g/mol. The second kappa shape index (κ2) is 3.51. The quantitative estimate of drug-likeness (QED) is 0.704. The Kier molecular flexibility index (Phi) is 2.21. The van der Waals surface area contributed by atoms with Gasteiger partial charge in [-0.1, -0.05) is 18.2 Å². The fraction of sp³-hybridized carbons (Fsp3) is 0.100. The zero-order chi connectivity index (χ0) is 9.10. The van der Waals surface area contributed by atoms with E-state index in [0.717, 1.165) is 16.5 Å². The fourth-order valence-corrected chi connectivity index (χ4v) is 1.30. The van der Waals surface area contributed by atoms with Crippen LogP contribution in [0.25, 0.3) is 10.9 Å². The molecule has 3 heteroatoms. The molecule has 3 nitrogen and oxygen atoms in total. The maximum atomic E-state index is 4.98. The summed E-state index contributed by atoms with van der Waals surface area (Å²) in [6.45, 7) is 0.423. The summed E-state index contributed by atoms with van der Waals surface area (Å²) in [6.07, 6.45) is 1.77. The Hall–Kier alpha value is -1.45. The highest BCUT2D eigenvalue weighted by molar-refractivity contribution is 5.78. The molecule has 0 aliphatic rings. The van der Waals surface area contributed by atoms with Crippen molar-refractivity contribution in [3.63, 3.8) is 0 Å². The van der Waals surface area contributed by atoms with Crippen molar-refractivity contribution < 1.29 is 4.84 Å². The van der Waals surface area contributed by atoms with Crippen LogP contribution in [0.5, 0.6) is 0 Å². The average molecular weight is 174 g/mol. The van der Waals surface area contributed by atoms with E-state index in [9.17, 15) is 0 Å². The van der Waals surface area contributed by atoms with Crippen LogP contribution in [0.4, 0.5) is 0 Å². The highest BCUT2D eigenvalue weighted by atomic mass is 16.6. The van der Waals surface area contributed by atoms with Crippen molar-refractivity contribution in [3.05, 3.63) is 42.1 Å². The van der Waals surface area contributed by atoms with E-state index >= 15 is 0 Å².